The van der Waals surface area contributed by atoms with Gasteiger partial charge in [0.05, 0.1) is 28.3 Å². The first-order chi connectivity index (χ1) is 13.3. The van der Waals surface area contributed by atoms with Gasteiger partial charge in [-0.3, -0.25) is 10.1 Å². The third kappa shape index (κ3) is 6.44. The Morgan fingerprint density at radius 3 is 2.32 bits per heavy atom. The van der Waals surface area contributed by atoms with Crippen LogP contribution < -0.4 is 21.7 Å². The summed E-state index contributed by atoms with van der Waals surface area (Å²) >= 11 is 12.3. The highest BCUT2D eigenvalue weighted by Gasteiger charge is 2.11. The molecule has 3 amide bonds. The number of hydrogen-bond donors (Lipinski definition) is 4. The first-order valence-corrected chi connectivity index (χ1v) is 9.19. The standard InChI is InChI=1S/C19H21Cl2N5O2/c1-11(14-6-4-3-5-7-14)24-19(28)26-18(22)23-10-13-8-15(20)17(16(21)9-13)25-12(2)27/h3-9,11H,10H2,1-2H3,(H,25,27)(H4,22,23,24,26,28)/t11-/m0/s1. The maximum Gasteiger partial charge on any atom is 0.322 e. The number of carbonyl (C=O) groups is 2. The van der Waals surface area contributed by atoms with Gasteiger partial charge in [-0.05, 0) is 30.2 Å². The zero-order valence-electron chi connectivity index (χ0n) is 15.4. The van der Waals surface area contributed by atoms with Crippen molar-refractivity contribution in [1.82, 2.24) is 10.6 Å². The fraction of sp³-hybridized carbons (Fsp3) is 0.211. The molecule has 148 valence electrons. The average Bonchev–Trinajstić information content (AvgIpc) is 2.63. The fourth-order valence-electron chi connectivity index (χ4n) is 2.40. The van der Waals surface area contributed by atoms with Gasteiger partial charge in [0.15, 0.2) is 5.96 Å². The van der Waals surface area contributed by atoms with Crippen molar-refractivity contribution in [3.63, 3.8) is 0 Å². The first kappa shape index (κ1) is 21.5. The number of amides is 3. The minimum absolute atomic E-state index is 0.0454. The fourth-order valence-corrected chi connectivity index (χ4v) is 3.03. The summed E-state index contributed by atoms with van der Waals surface area (Å²) < 4.78 is 0. The van der Waals surface area contributed by atoms with Crippen LogP contribution in [0.1, 0.15) is 31.0 Å². The summed E-state index contributed by atoms with van der Waals surface area (Å²) in [5.41, 5.74) is 7.74. The Morgan fingerprint density at radius 1 is 1.14 bits per heavy atom. The van der Waals surface area contributed by atoms with E-state index in [1.165, 1.54) is 6.92 Å². The second-order valence-corrected chi connectivity index (χ2v) is 6.86. The Labute approximate surface area is 173 Å². The smallest absolute Gasteiger partial charge is 0.322 e. The molecule has 28 heavy (non-hydrogen) atoms. The molecule has 2 aromatic rings. The largest absolute Gasteiger partial charge is 0.370 e. The lowest BCUT2D eigenvalue weighted by Crippen LogP contribution is -2.44. The summed E-state index contributed by atoms with van der Waals surface area (Å²) in [4.78, 5) is 27.3. The maximum atomic E-state index is 12.0. The zero-order valence-corrected chi connectivity index (χ0v) is 16.9. The van der Waals surface area contributed by atoms with Gasteiger partial charge in [0.25, 0.3) is 0 Å². The van der Waals surface area contributed by atoms with Crippen LogP contribution in [0.4, 0.5) is 10.5 Å². The molecule has 2 rings (SSSR count). The molecule has 2 aromatic carbocycles. The molecule has 0 aromatic heterocycles. The molecule has 1 atom stereocenters. The molecular weight excluding hydrogens is 401 g/mol. The number of halogens is 2. The van der Waals surface area contributed by atoms with Crippen molar-refractivity contribution in [1.29, 1.82) is 0 Å². The first-order valence-electron chi connectivity index (χ1n) is 8.44. The molecule has 0 radical (unpaired) electrons. The van der Waals surface area contributed by atoms with Gasteiger partial charge in [0.1, 0.15) is 0 Å². The van der Waals surface area contributed by atoms with E-state index in [0.717, 1.165) is 5.56 Å². The minimum atomic E-state index is -0.463. The number of hydrogen-bond acceptors (Lipinski definition) is 3. The number of rotatable bonds is 5. The molecule has 9 heteroatoms. The summed E-state index contributed by atoms with van der Waals surface area (Å²) in [7, 11) is 0. The Morgan fingerprint density at radius 2 is 1.75 bits per heavy atom. The van der Waals surface area contributed by atoms with Gasteiger partial charge in [-0.2, -0.15) is 0 Å². The highest BCUT2D eigenvalue weighted by atomic mass is 35.5. The molecule has 0 saturated carbocycles. The van der Waals surface area contributed by atoms with Crippen LogP contribution in [0.5, 0.6) is 0 Å². The van der Waals surface area contributed by atoms with E-state index in [4.69, 9.17) is 28.9 Å². The molecule has 0 aliphatic carbocycles. The van der Waals surface area contributed by atoms with E-state index in [0.29, 0.717) is 11.3 Å². The lowest BCUT2D eigenvalue weighted by atomic mass is 10.1. The number of nitrogens with two attached hydrogens (primary N) is 1. The number of aliphatic imine (C=N–C) groups is 1. The Hall–Kier alpha value is -2.77. The second-order valence-electron chi connectivity index (χ2n) is 6.05. The summed E-state index contributed by atoms with van der Waals surface area (Å²) in [5.74, 6) is -0.324. The summed E-state index contributed by atoms with van der Waals surface area (Å²) in [6.45, 7) is 3.38. The van der Waals surface area contributed by atoms with Gasteiger partial charge in [-0.1, -0.05) is 53.5 Å². The average molecular weight is 422 g/mol. The van der Waals surface area contributed by atoms with Crippen molar-refractivity contribution in [3.05, 3.63) is 63.6 Å². The minimum Gasteiger partial charge on any atom is -0.370 e. The molecule has 0 heterocycles. The van der Waals surface area contributed by atoms with Gasteiger partial charge < -0.3 is 16.4 Å². The number of nitrogens with zero attached hydrogens (tertiary/aromatic N) is 1. The van der Waals surface area contributed by atoms with Crippen LogP contribution in [0, 0.1) is 0 Å². The van der Waals surface area contributed by atoms with Crippen molar-refractivity contribution in [2.75, 3.05) is 5.32 Å². The van der Waals surface area contributed by atoms with E-state index >= 15 is 0 Å². The molecule has 0 fully saturated rings. The predicted molar refractivity (Wildman–Crippen MR) is 113 cm³/mol. The van der Waals surface area contributed by atoms with E-state index in [-0.39, 0.29) is 34.5 Å². The SMILES string of the molecule is CC(=O)Nc1c(Cl)cc(CN=C(N)NC(=O)N[C@@H](C)c2ccccc2)cc1Cl. The van der Waals surface area contributed by atoms with Crippen molar-refractivity contribution in [2.24, 2.45) is 10.7 Å². The monoisotopic (exact) mass is 421 g/mol. The maximum absolute atomic E-state index is 12.0. The number of guanidine groups is 1. The number of urea groups is 1. The molecule has 0 bridgehead atoms. The highest BCUT2D eigenvalue weighted by molar-refractivity contribution is 6.39. The van der Waals surface area contributed by atoms with Crippen LogP contribution in [0.2, 0.25) is 10.0 Å². The number of anilines is 1. The van der Waals surface area contributed by atoms with Gasteiger partial charge >= 0.3 is 6.03 Å². The topological polar surface area (TPSA) is 109 Å². The third-order valence-corrected chi connectivity index (χ3v) is 4.32. The van der Waals surface area contributed by atoms with E-state index in [1.807, 2.05) is 37.3 Å². The predicted octanol–water partition coefficient (Wildman–Crippen LogP) is 3.83. The number of nitrogens with one attached hydrogen (secondary N) is 3. The van der Waals surface area contributed by atoms with Crippen molar-refractivity contribution < 1.29 is 9.59 Å². The lowest BCUT2D eigenvalue weighted by molar-refractivity contribution is -0.114. The molecule has 0 saturated heterocycles. The third-order valence-electron chi connectivity index (χ3n) is 3.72. The molecule has 0 aliphatic rings. The van der Waals surface area contributed by atoms with E-state index in [2.05, 4.69) is 20.9 Å². The summed E-state index contributed by atoms with van der Waals surface area (Å²) in [5, 5.41) is 8.38. The Balaban J connectivity index is 1.95. The molecule has 7 nitrogen and oxygen atoms in total. The van der Waals surface area contributed by atoms with Gasteiger partial charge in [0, 0.05) is 6.92 Å². The van der Waals surface area contributed by atoms with Crippen molar-refractivity contribution in [2.45, 2.75) is 26.4 Å². The molecule has 0 aliphatic heterocycles. The van der Waals surface area contributed by atoms with Crippen LogP contribution in [0.25, 0.3) is 0 Å². The number of benzene rings is 2. The van der Waals surface area contributed by atoms with Crippen LogP contribution in [-0.2, 0) is 11.3 Å². The van der Waals surface area contributed by atoms with Crippen LogP contribution in [0.3, 0.4) is 0 Å². The molecule has 0 spiro atoms. The van der Waals surface area contributed by atoms with Crippen molar-refractivity contribution in [3.8, 4) is 0 Å². The van der Waals surface area contributed by atoms with Gasteiger partial charge in [-0.25, -0.2) is 9.79 Å². The molecular formula is C19H21Cl2N5O2. The quantitative estimate of drug-likeness (QED) is 0.434. The molecule has 5 N–H and O–H groups in total. The normalized spacial score (nSPS) is 12.2. The second kappa shape index (κ2) is 9.96. The lowest BCUT2D eigenvalue weighted by Gasteiger charge is -2.14. The summed E-state index contributed by atoms with van der Waals surface area (Å²) in [6, 6.07) is 12.1. The van der Waals surface area contributed by atoms with Crippen LogP contribution in [-0.4, -0.2) is 17.9 Å². The van der Waals surface area contributed by atoms with Gasteiger partial charge in [0.2, 0.25) is 5.91 Å². The summed E-state index contributed by atoms with van der Waals surface area (Å²) in [6.07, 6.45) is 0. The highest BCUT2D eigenvalue weighted by Crippen LogP contribution is 2.32. The van der Waals surface area contributed by atoms with E-state index in [9.17, 15) is 9.59 Å². The van der Waals surface area contributed by atoms with Gasteiger partial charge in [-0.15, -0.1) is 0 Å². The van der Waals surface area contributed by atoms with Crippen LogP contribution >= 0.6 is 23.2 Å². The molecule has 0 unspecified atom stereocenters. The van der Waals surface area contributed by atoms with E-state index in [1.54, 1.807) is 12.1 Å². The Kier molecular flexibility index (Phi) is 7.66. The van der Waals surface area contributed by atoms with Crippen LogP contribution in [0.15, 0.2) is 47.5 Å². The van der Waals surface area contributed by atoms with Crippen molar-refractivity contribution >= 4 is 46.8 Å². The number of carbonyl (C=O) groups excluding carboxylic acids is 2. The van der Waals surface area contributed by atoms with E-state index < -0.39 is 6.03 Å². The zero-order chi connectivity index (χ0) is 20.7. The Bertz CT molecular complexity index is 864.